The molecule has 0 spiro atoms. The average molecular weight is 329 g/mol. The zero-order valence-electron chi connectivity index (χ0n) is 12.2. The van der Waals surface area contributed by atoms with Crippen LogP contribution < -0.4 is 11.0 Å². The van der Waals surface area contributed by atoms with Gasteiger partial charge >= 0.3 is 0 Å². The van der Waals surface area contributed by atoms with Gasteiger partial charge in [-0.2, -0.15) is 5.10 Å². The normalized spacial score (nSPS) is 11.7. The van der Waals surface area contributed by atoms with Crippen LogP contribution in [0.2, 0.25) is 5.02 Å². The number of hydrazone groups is 1. The number of rotatable bonds is 3. The van der Waals surface area contributed by atoms with E-state index in [0.29, 0.717) is 26.4 Å². The molecule has 3 rings (SSSR count). The highest BCUT2D eigenvalue weighted by Gasteiger charge is 2.09. The van der Waals surface area contributed by atoms with E-state index in [1.165, 1.54) is 0 Å². The summed E-state index contributed by atoms with van der Waals surface area (Å²) in [6.07, 6.45) is 0. The second-order valence-corrected chi connectivity index (χ2v) is 5.32. The van der Waals surface area contributed by atoms with Crippen molar-refractivity contribution in [2.75, 3.05) is 5.43 Å². The lowest BCUT2D eigenvalue weighted by atomic mass is 10.1. The van der Waals surface area contributed by atoms with Crippen LogP contribution in [-0.4, -0.2) is 20.6 Å². The molecule has 116 valence electrons. The van der Waals surface area contributed by atoms with Gasteiger partial charge in [-0.05, 0) is 36.8 Å². The minimum Gasteiger partial charge on any atom is -0.422 e. The molecular formula is C16H13ClN4O2. The van der Waals surface area contributed by atoms with E-state index < -0.39 is 5.56 Å². The van der Waals surface area contributed by atoms with Crippen molar-refractivity contribution >= 4 is 34.2 Å². The fourth-order valence-electron chi connectivity index (χ4n) is 2.09. The maximum atomic E-state index is 12.1. The second-order valence-electron chi connectivity index (χ2n) is 4.89. The highest BCUT2D eigenvalue weighted by Crippen LogP contribution is 2.12. The van der Waals surface area contributed by atoms with Crippen LogP contribution in [0.1, 0.15) is 12.5 Å². The van der Waals surface area contributed by atoms with Crippen molar-refractivity contribution in [2.24, 2.45) is 5.10 Å². The summed E-state index contributed by atoms with van der Waals surface area (Å²) in [4.78, 5) is 16.3. The molecule has 7 heteroatoms. The summed E-state index contributed by atoms with van der Waals surface area (Å²) in [5, 5.41) is 15.0. The van der Waals surface area contributed by atoms with Crippen LogP contribution in [-0.2, 0) is 0 Å². The molecule has 23 heavy (non-hydrogen) atoms. The Balaban J connectivity index is 1.95. The number of nitrogens with zero attached hydrogens (tertiary/aromatic N) is 3. The molecule has 2 aromatic carbocycles. The van der Waals surface area contributed by atoms with E-state index in [-0.39, 0.29) is 5.95 Å². The van der Waals surface area contributed by atoms with Gasteiger partial charge in [-0.25, -0.2) is 10.4 Å². The number of anilines is 1. The van der Waals surface area contributed by atoms with Gasteiger partial charge in [-0.1, -0.05) is 35.9 Å². The van der Waals surface area contributed by atoms with E-state index in [4.69, 9.17) is 11.6 Å². The first-order chi connectivity index (χ1) is 11.1. The number of halogens is 1. The number of para-hydroxylation sites is 1. The Morgan fingerprint density at radius 2 is 1.91 bits per heavy atom. The molecule has 0 saturated carbocycles. The molecule has 0 saturated heterocycles. The summed E-state index contributed by atoms with van der Waals surface area (Å²) < 4.78 is 0.445. The van der Waals surface area contributed by atoms with Gasteiger partial charge in [0.1, 0.15) is 0 Å². The van der Waals surface area contributed by atoms with Crippen molar-refractivity contribution < 1.29 is 5.21 Å². The van der Waals surface area contributed by atoms with Crippen molar-refractivity contribution in [3.63, 3.8) is 0 Å². The zero-order valence-corrected chi connectivity index (χ0v) is 12.9. The maximum absolute atomic E-state index is 12.1. The van der Waals surface area contributed by atoms with Gasteiger partial charge in [-0.3, -0.25) is 4.79 Å². The van der Waals surface area contributed by atoms with E-state index in [1.54, 1.807) is 43.3 Å². The molecule has 0 aliphatic carbocycles. The number of hydrogen-bond acceptors (Lipinski definition) is 5. The van der Waals surface area contributed by atoms with Gasteiger partial charge in [0.05, 0.1) is 16.6 Å². The molecule has 0 unspecified atom stereocenters. The van der Waals surface area contributed by atoms with Gasteiger partial charge in [-0.15, -0.1) is 4.73 Å². The van der Waals surface area contributed by atoms with E-state index in [2.05, 4.69) is 15.5 Å². The molecule has 2 N–H and O–H groups in total. The fraction of sp³-hybridized carbons (Fsp3) is 0.0625. The molecular weight excluding hydrogens is 316 g/mol. The molecule has 1 heterocycles. The number of fused-ring (bicyclic) bond motifs is 1. The summed E-state index contributed by atoms with van der Waals surface area (Å²) in [7, 11) is 0. The molecule has 6 nitrogen and oxygen atoms in total. The Hall–Kier alpha value is -2.86. The molecule has 0 atom stereocenters. The van der Waals surface area contributed by atoms with Crippen molar-refractivity contribution in [3.8, 4) is 0 Å². The second kappa shape index (κ2) is 6.10. The topological polar surface area (TPSA) is 79.5 Å². The van der Waals surface area contributed by atoms with Crippen LogP contribution in [0.5, 0.6) is 0 Å². The fourth-order valence-corrected chi connectivity index (χ4v) is 2.21. The Labute approximate surface area is 136 Å². The third kappa shape index (κ3) is 3.02. The minimum absolute atomic E-state index is 0.0537. The first-order valence-electron chi connectivity index (χ1n) is 6.83. The summed E-state index contributed by atoms with van der Waals surface area (Å²) in [6.45, 7) is 1.79. The van der Waals surface area contributed by atoms with Crippen molar-refractivity contribution in [1.29, 1.82) is 0 Å². The Bertz CT molecular complexity index is 948. The largest absolute Gasteiger partial charge is 0.422 e. The predicted molar refractivity (Wildman–Crippen MR) is 90.5 cm³/mol. The van der Waals surface area contributed by atoms with Crippen molar-refractivity contribution in [3.05, 3.63) is 69.5 Å². The molecule has 0 fully saturated rings. The predicted octanol–water partition coefficient (Wildman–Crippen LogP) is 3.12. The monoisotopic (exact) mass is 328 g/mol. The Morgan fingerprint density at radius 3 is 2.65 bits per heavy atom. The highest BCUT2D eigenvalue weighted by atomic mass is 35.5. The van der Waals surface area contributed by atoms with Gasteiger partial charge in [0.15, 0.2) is 0 Å². The smallest absolute Gasteiger partial charge is 0.295 e. The van der Waals surface area contributed by atoms with Gasteiger partial charge in [0, 0.05) is 5.02 Å². The van der Waals surface area contributed by atoms with Crippen LogP contribution in [0.4, 0.5) is 5.95 Å². The number of hydrogen-bond donors (Lipinski definition) is 2. The lowest BCUT2D eigenvalue weighted by Crippen LogP contribution is -2.22. The summed E-state index contributed by atoms with van der Waals surface area (Å²) in [6, 6.07) is 13.9. The SMILES string of the molecule is C/C(=N/Nc1nc2ccccc2c(=O)n1O)c1ccc(Cl)cc1. The lowest BCUT2D eigenvalue weighted by Gasteiger charge is -2.07. The number of benzene rings is 2. The lowest BCUT2D eigenvalue weighted by molar-refractivity contribution is 0.179. The minimum atomic E-state index is -0.558. The van der Waals surface area contributed by atoms with Crippen molar-refractivity contribution in [2.45, 2.75) is 6.92 Å². The average Bonchev–Trinajstić information content (AvgIpc) is 2.57. The first-order valence-corrected chi connectivity index (χ1v) is 7.21. The van der Waals surface area contributed by atoms with Crippen LogP contribution in [0.25, 0.3) is 10.9 Å². The first kappa shape index (κ1) is 15.1. The summed E-state index contributed by atoms with van der Waals surface area (Å²) in [5.41, 5.74) is 4.05. The maximum Gasteiger partial charge on any atom is 0.295 e. The number of aromatic nitrogens is 2. The Morgan fingerprint density at radius 1 is 1.22 bits per heavy atom. The van der Waals surface area contributed by atoms with Gasteiger partial charge in [0.2, 0.25) is 0 Å². The molecule has 3 aromatic rings. The highest BCUT2D eigenvalue weighted by molar-refractivity contribution is 6.30. The van der Waals surface area contributed by atoms with Crippen molar-refractivity contribution in [1.82, 2.24) is 9.71 Å². The third-order valence-electron chi connectivity index (χ3n) is 3.34. The molecule has 1 aromatic heterocycles. The molecule has 0 radical (unpaired) electrons. The summed E-state index contributed by atoms with van der Waals surface area (Å²) in [5.74, 6) is -0.0537. The van der Waals surface area contributed by atoms with Gasteiger partial charge in [0.25, 0.3) is 11.5 Å². The van der Waals surface area contributed by atoms with Crippen LogP contribution >= 0.6 is 11.6 Å². The Kier molecular flexibility index (Phi) is 3.99. The van der Waals surface area contributed by atoms with Gasteiger partial charge < -0.3 is 5.21 Å². The quantitative estimate of drug-likeness (QED) is 0.440. The van der Waals surface area contributed by atoms with Crippen LogP contribution in [0.15, 0.2) is 58.4 Å². The number of nitrogens with one attached hydrogen (secondary N) is 1. The molecule has 0 amide bonds. The summed E-state index contributed by atoms with van der Waals surface area (Å²) >= 11 is 5.85. The van der Waals surface area contributed by atoms with E-state index in [1.807, 2.05) is 12.1 Å². The zero-order chi connectivity index (χ0) is 16.4. The standard InChI is InChI=1S/C16H13ClN4O2/c1-10(11-6-8-12(17)9-7-11)19-20-16-18-14-5-3-2-4-13(14)15(22)21(16)23/h2-9,23H,1H3,(H,18,20)/b19-10-. The third-order valence-corrected chi connectivity index (χ3v) is 3.59. The molecule has 0 bridgehead atoms. The molecule has 0 aliphatic rings. The van der Waals surface area contributed by atoms with Crippen LogP contribution in [0, 0.1) is 0 Å². The van der Waals surface area contributed by atoms with E-state index in [9.17, 15) is 10.0 Å². The van der Waals surface area contributed by atoms with E-state index >= 15 is 0 Å². The van der Waals surface area contributed by atoms with E-state index in [0.717, 1.165) is 5.56 Å². The molecule has 0 aliphatic heterocycles. The van der Waals surface area contributed by atoms with Crippen LogP contribution in [0.3, 0.4) is 0 Å².